The zero-order valence-electron chi connectivity index (χ0n) is 21.2. The van der Waals surface area contributed by atoms with Crippen LogP contribution in [-0.2, 0) is 26.5 Å². The molecule has 1 amide bonds. The van der Waals surface area contributed by atoms with Crippen LogP contribution in [0.3, 0.4) is 0 Å². The molecule has 1 atom stereocenters. The first kappa shape index (κ1) is 26.7. The molecule has 196 valence electrons. The van der Waals surface area contributed by atoms with Crippen molar-refractivity contribution in [2.24, 2.45) is 12.5 Å². The zero-order valence-corrected chi connectivity index (χ0v) is 22.8. The Labute approximate surface area is 217 Å². The van der Waals surface area contributed by atoms with Gasteiger partial charge in [0.2, 0.25) is 0 Å². The van der Waals surface area contributed by atoms with E-state index in [-0.39, 0.29) is 27.7 Å². The predicted molar refractivity (Wildman–Crippen MR) is 138 cm³/mol. The highest BCUT2D eigenvalue weighted by Crippen LogP contribution is 2.40. The summed E-state index contributed by atoms with van der Waals surface area (Å²) in [6, 6.07) is 5.67. The number of halogens is 1. The number of benzene rings is 1. The summed E-state index contributed by atoms with van der Waals surface area (Å²) in [5, 5.41) is 8.01. The molecule has 36 heavy (non-hydrogen) atoms. The van der Waals surface area contributed by atoms with Gasteiger partial charge in [-0.3, -0.25) is 14.2 Å². The molecule has 1 fully saturated rings. The third kappa shape index (κ3) is 5.46. The molecule has 2 aliphatic rings. The number of aromatic nitrogens is 2. The van der Waals surface area contributed by atoms with Crippen LogP contribution >= 0.6 is 11.6 Å². The van der Waals surface area contributed by atoms with Crippen LogP contribution in [0.25, 0.3) is 5.57 Å². The fraction of sp³-hybridized carbons (Fsp3) is 0.520. The van der Waals surface area contributed by atoms with Crippen LogP contribution in [0.15, 0.2) is 35.2 Å². The highest BCUT2D eigenvalue weighted by atomic mass is 35.5. The second-order valence-electron chi connectivity index (χ2n) is 10.4. The van der Waals surface area contributed by atoms with Crippen molar-refractivity contribution in [2.75, 3.05) is 17.9 Å². The number of ether oxygens (including phenoxy) is 2. The monoisotopic (exact) mass is 536 g/mol. The maximum atomic E-state index is 13.4. The summed E-state index contributed by atoms with van der Waals surface area (Å²) in [5.74, 6) is -1.05. The molecule has 4 rings (SSSR count). The van der Waals surface area contributed by atoms with E-state index in [1.165, 1.54) is 28.9 Å². The lowest BCUT2D eigenvalue weighted by Crippen LogP contribution is -2.42. The van der Waals surface area contributed by atoms with Crippen molar-refractivity contribution in [1.29, 1.82) is 0 Å². The molecule has 1 saturated heterocycles. The maximum Gasteiger partial charge on any atom is 0.271 e. The average molecular weight is 537 g/mol. The van der Waals surface area contributed by atoms with E-state index in [1.807, 2.05) is 33.8 Å². The molecule has 1 aliphatic carbocycles. The minimum absolute atomic E-state index is 0.0282. The molecular weight excluding hydrogens is 504 g/mol. The summed E-state index contributed by atoms with van der Waals surface area (Å²) in [6.07, 6.45) is 3.65. The zero-order chi connectivity index (χ0) is 26.3. The third-order valence-corrected chi connectivity index (χ3v) is 8.44. The molecule has 9 nitrogen and oxygen atoms in total. The Bertz CT molecular complexity index is 1270. The summed E-state index contributed by atoms with van der Waals surface area (Å²) in [7, 11) is -2.40. The van der Waals surface area contributed by atoms with Crippen molar-refractivity contribution < 1.29 is 22.7 Å². The molecule has 0 bridgehead atoms. The first-order chi connectivity index (χ1) is 16.8. The van der Waals surface area contributed by atoms with Gasteiger partial charge in [-0.1, -0.05) is 38.4 Å². The van der Waals surface area contributed by atoms with E-state index in [0.29, 0.717) is 43.2 Å². The van der Waals surface area contributed by atoms with Crippen LogP contribution in [0.5, 0.6) is 0 Å². The fourth-order valence-electron chi connectivity index (χ4n) is 4.18. The number of anilines is 1. The molecule has 0 saturated carbocycles. The van der Waals surface area contributed by atoms with Crippen LogP contribution in [0.1, 0.15) is 63.1 Å². The maximum absolute atomic E-state index is 13.4. The van der Waals surface area contributed by atoms with Crippen molar-refractivity contribution in [3.8, 4) is 0 Å². The number of amides is 1. The van der Waals surface area contributed by atoms with Crippen molar-refractivity contribution >= 4 is 38.8 Å². The molecule has 2 N–H and O–H groups in total. The Morgan fingerprint density at radius 2 is 1.83 bits per heavy atom. The van der Waals surface area contributed by atoms with Crippen LogP contribution in [-0.4, -0.2) is 49.1 Å². The van der Waals surface area contributed by atoms with Gasteiger partial charge in [-0.25, -0.2) is 8.42 Å². The Kier molecular flexibility index (Phi) is 7.27. The highest BCUT2D eigenvalue weighted by Gasteiger charge is 2.39. The van der Waals surface area contributed by atoms with Crippen molar-refractivity contribution in [3.63, 3.8) is 0 Å². The molecule has 2 aromatic rings. The lowest BCUT2D eigenvalue weighted by molar-refractivity contribution is -0.159. The topological polar surface area (TPSA) is 112 Å². The number of nitrogens with zero attached hydrogens (tertiary/aromatic N) is 2. The summed E-state index contributed by atoms with van der Waals surface area (Å²) in [4.78, 5) is 13.5. The number of sulfonamides is 1. The molecule has 1 aromatic heterocycles. The number of nitrogens with one attached hydrogen (secondary N) is 2. The largest absolute Gasteiger partial charge is 0.348 e. The summed E-state index contributed by atoms with van der Waals surface area (Å²) in [6.45, 7) is 9.08. The molecule has 11 heteroatoms. The van der Waals surface area contributed by atoms with E-state index in [1.54, 1.807) is 7.05 Å². The molecular formula is C25H33ClN4O5S. The van der Waals surface area contributed by atoms with Gasteiger partial charge in [0.05, 0.1) is 18.1 Å². The van der Waals surface area contributed by atoms with Gasteiger partial charge in [-0.2, -0.15) is 5.10 Å². The number of hydrogen-bond acceptors (Lipinski definition) is 6. The minimum Gasteiger partial charge on any atom is -0.348 e. The van der Waals surface area contributed by atoms with Gasteiger partial charge >= 0.3 is 0 Å². The second-order valence-corrected chi connectivity index (χ2v) is 12.5. The van der Waals surface area contributed by atoms with Gasteiger partial charge in [0, 0.05) is 31.0 Å². The molecule has 2 heterocycles. The minimum atomic E-state index is -4.03. The summed E-state index contributed by atoms with van der Waals surface area (Å²) in [5.41, 5.74) is 1.32. The van der Waals surface area contributed by atoms with E-state index in [4.69, 9.17) is 21.1 Å². The molecule has 1 aromatic carbocycles. The fourth-order valence-corrected chi connectivity index (χ4v) is 5.38. The van der Waals surface area contributed by atoms with Crippen molar-refractivity contribution in [2.45, 2.75) is 63.7 Å². The lowest BCUT2D eigenvalue weighted by Gasteiger charge is -2.30. The van der Waals surface area contributed by atoms with Crippen molar-refractivity contribution in [3.05, 3.63) is 46.8 Å². The van der Waals surface area contributed by atoms with Gasteiger partial charge in [-0.05, 0) is 48.6 Å². The third-order valence-electron chi connectivity index (χ3n) is 6.82. The quantitative estimate of drug-likeness (QED) is 0.567. The van der Waals surface area contributed by atoms with E-state index < -0.39 is 21.7 Å². The Morgan fingerprint density at radius 1 is 1.19 bits per heavy atom. The van der Waals surface area contributed by atoms with Gasteiger partial charge in [0.15, 0.2) is 11.5 Å². The number of rotatable bonds is 6. The van der Waals surface area contributed by atoms with Gasteiger partial charge in [0.1, 0.15) is 11.4 Å². The number of aryl methyl sites for hydroxylation is 1. The van der Waals surface area contributed by atoms with Gasteiger partial charge in [-0.15, -0.1) is 0 Å². The number of carbonyl (C=O) groups excluding carboxylic acids is 1. The smallest absolute Gasteiger partial charge is 0.271 e. The van der Waals surface area contributed by atoms with Gasteiger partial charge in [0.25, 0.3) is 15.9 Å². The SMILES string of the molecule is C[C@H](NC(=O)c1c(NS(=O)(=O)c2ccc(Cl)cc2)c(C2=CCC3(CC2)OCCO3)nn1C)C(C)(C)C. The molecule has 0 unspecified atom stereocenters. The first-order valence-electron chi connectivity index (χ1n) is 11.9. The number of carbonyl (C=O) groups is 1. The average Bonchev–Trinajstić information content (AvgIpc) is 3.38. The second kappa shape index (κ2) is 9.81. The van der Waals surface area contributed by atoms with Crippen LogP contribution in [0, 0.1) is 5.41 Å². The number of allylic oxidation sites excluding steroid dienone is 1. The highest BCUT2D eigenvalue weighted by molar-refractivity contribution is 7.92. The summed E-state index contributed by atoms with van der Waals surface area (Å²) >= 11 is 5.95. The van der Waals surface area contributed by atoms with E-state index >= 15 is 0 Å². The Morgan fingerprint density at radius 3 is 2.39 bits per heavy atom. The number of hydrogen-bond donors (Lipinski definition) is 2. The Balaban J connectivity index is 1.75. The first-order valence-corrected chi connectivity index (χ1v) is 13.8. The Hall–Kier alpha value is -2.40. The lowest BCUT2D eigenvalue weighted by atomic mass is 9.88. The van der Waals surface area contributed by atoms with E-state index in [2.05, 4.69) is 15.1 Å². The van der Waals surface area contributed by atoms with Crippen LogP contribution < -0.4 is 10.0 Å². The summed E-state index contributed by atoms with van der Waals surface area (Å²) < 4.78 is 42.4. The molecule has 0 radical (unpaired) electrons. The normalized spacial score (nSPS) is 18.7. The van der Waals surface area contributed by atoms with Crippen LogP contribution in [0.4, 0.5) is 5.69 Å². The van der Waals surface area contributed by atoms with E-state index in [0.717, 1.165) is 5.57 Å². The predicted octanol–water partition coefficient (Wildman–Crippen LogP) is 4.35. The molecule has 1 spiro atoms. The van der Waals surface area contributed by atoms with Gasteiger partial charge < -0.3 is 14.8 Å². The van der Waals surface area contributed by atoms with E-state index in [9.17, 15) is 13.2 Å². The standard InChI is InChI=1S/C25H33ClN4O5S/c1-16(24(2,3)4)27-23(31)22-21(29-36(32,33)19-8-6-18(26)7-9-19)20(28-30(22)5)17-10-12-25(13-11-17)34-14-15-35-25/h6-10,16,29H,11-15H2,1-5H3,(H,27,31)/t16-/m0/s1. The molecule has 1 aliphatic heterocycles. The van der Waals surface area contributed by atoms with Crippen molar-refractivity contribution in [1.82, 2.24) is 15.1 Å². The van der Waals surface area contributed by atoms with Crippen LogP contribution in [0.2, 0.25) is 5.02 Å².